The Hall–Kier alpha value is -1.75. The summed E-state index contributed by atoms with van der Waals surface area (Å²) in [6.45, 7) is 4.30. The normalized spacial score (nSPS) is 11.8. The molecule has 96 valence electrons. The van der Waals surface area contributed by atoms with E-state index in [4.69, 9.17) is 5.73 Å². The largest absolute Gasteiger partial charge is 0.341 e. The van der Waals surface area contributed by atoms with Crippen LogP contribution in [0.5, 0.6) is 0 Å². The number of hydrogen-bond donors (Lipinski definition) is 2. The Bertz CT molecular complexity index is 561. The van der Waals surface area contributed by atoms with Gasteiger partial charge in [-0.05, 0) is 12.1 Å². The predicted octanol–water partition coefficient (Wildman–Crippen LogP) is 2.59. The molecule has 0 aliphatic carbocycles. The lowest BCUT2D eigenvalue weighted by Crippen LogP contribution is -2.29. The van der Waals surface area contributed by atoms with Crippen molar-refractivity contribution in [2.75, 3.05) is 6.54 Å². The number of imidazole rings is 1. The second-order valence-electron chi connectivity index (χ2n) is 4.86. The maximum absolute atomic E-state index is 13.6. The molecule has 0 fully saturated rings. The first-order valence-electron chi connectivity index (χ1n) is 5.65. The van der Waals surface area contributed by atoms with Crippen molar-refractivity contribution < 1.29 is 8.78 Å². The van der Waals surface area contributed by atoms with E-state index in [9.17, 15) is 8.78 Å². The standard InChI is InChI=1S/C13H15F2N3/c1-13(2,7-16)12-17-6-11(18-12)9-4-3-8(14)5-10(9)15/h3-6H,7,16H2,1-2H3,(H,17,18). The summed E-state index contributed by atoms with van der Waals surface area (Å²) in [4.78, 5) is 7.23. The Morgan fingerprint density at radius 2 is 2.06 bits per heavy atom. The Balaban J connectivity index is 2.41. The van der Waals surface area contributed by atoms with Crippen molar-refractivity contribution in [1.82, 2.24) is 9.97 Å². The minimum atomic E-state index is -0.615. The number of rotatable bonds is 3. The highest BCUT2D eigenvalue weighted by molar-refractivity contribution is 5.59. The van der Waals surface area contributed by atoms with Crippen LogP contribution in [0, 0.1) is 11.6 Å². The molecule has 18 heavy (non-hydrogen) atoms. The average molecular weight is 251 g/mol. The fraction of sp³-hybridized carbons (Fsp3) is 0.308. The fourth-order valence-electron chi connectivity index (χ4n) is 1.61. The minimum Gasteiger partial charge on any atom is -0.341 e. The van der Waals surface area contributed by atoms with Gasteiger partial charge in [0.2, 0.25) is 0 Å². The highest BCUT2D eigenvalue weighted by atomic mass is 19.1. The third-order valence-corrected chi connectivity index (χ3v) is 2.95. The molecular weight excluding hydrogens is 236 g/mol. The molecule has 0 saturated heterocycles. The molecule has 1 aromatic carbocycles. The van der Waals surface area contributed by atoms with Crippen LogP contribution >= 0.6 is 0 Å². The van der Waals surface area contributed by atoms with Crippen LogP contribution in [0.15, 0.2) is 24.4 Å². The van der Waals surface area contributed by atoms with E-state index in [1.54, 1.807) is 0 Å². The van der Waals surface area contributed by atoms with E-state index < -0.39 is 11.6 Å². The Morgan fingerprint density at radius 1 is 1.33 bits per heavy atom. The molecule has 1 heterocycles. The van der Waals surface area contributed by atoms with Crippen molar-refractivity contribution in [1.29, 1.82) is 0 Å². The molecule has 0 aliphatic rings. The van der Waals surface area contributed by atoms with Gasteiger partial charge >= 0.3 is 0 Å². The molecule has 0 aliphatic heterocycles. The van der Waals surface area contributed by atoms with Gasteiger partial charge in [0.1, 0.15) is 17.5 Å². The monoisotopic (exact) mass is 251 g/mol. The third-order valence-electron chi connectivity index (χ3n) is 2.95. The van der Waals surface area contributed by atoms with Crippen LogP contribution < -0.4 is 5.73 Å². The van der Waals surface area contributed by atoms with Crippen molar-refractivity contribution in [3.63, 3.8) is 0 Å². The van der Waals surface area contributed by atoms with Crippen LogP contribution in [0.4, 0.5) is 8.78 Å². The highest BCUT2D eigenvalue weighted by Gasteiger charge is 2.22. The summed E-state index contributed by atoms with van der Waals surface area (Å²) in [7, 11) is 0. The minimum absolute atomic E-state index is 0.294. The van der Waals surface area contributed by atoms with Crippen LogP contribution in [0.3, 0.4) is 0 Å². The summed E-state index contributed by atoms with van der Waals surface area (Å²) in [5, 5.41) is 0. The van der Waals surface area contributed by atoms with Gasteiger partial charge in [-0.15, -0.1) is 0 Å². The third kappa shape index (κ3) is 2.26. The zero-order valence-electron chi connectivity index (χ0n) is 10.3. The van der Waals surface area contributed by atoms with Gasteiger partial charge in [-0.3, -0.25) is 0 Å². The molecule has 3 N–H and O–H groups in total. The van der Waals surface area contributed by atoms with Crippen molar-refractivity contribution in [2.24, 2.45) is 5.73 Å². The van der Waals surface area contributed by atoms with E-state index in [1.807, 2.05) is 13.8 Å². The van der Waals surface area contributed by atoms with Gasteiger partial charge < -0.3 is 10.7 Å². The van der Waals surface area contributed by atoms with Crippen LogP contribution in [-0.2, 0) is 5.41 Å². The summed E-state index contributed by atoms with van der Waals surface area (Å²) in [6.07, 6.45) is 1.53. The van der Waals surface area contributed by atoms with Crippen molar-refractivity contribution in [3.05, 3.63) is 41.9 Å². The molecule has 2 rings (SSSR count). The summed E-state index contributed by atoms with van der Waals surface area (Å²) >= 11 is 0. The Labute approximate surface area is 104 Å². The molecule has 5 heteroatoms. The van der Waals surface area contributed by atoms with Crippen molar-refractivity contribution >= 4 is 0 Å². The number of nitrogens with two attached hydrogens (primary N) is 1. The average Bonchev–Trinajstić information content (AvgIpc) is 2.79. The van der Waals surface area contributed by atoms with Gasteiger partial charge in [0.25, 0.3) is 0 Å². The highest BCUT2D eigenvalue weighted by Crippen LogP contribution is 2.25. The van der Waals surface area contributed by atoms with Crippen LogP contribution in [0.2, 0.25) is 0 Å². The van der Waals surface area contributed by atoms with Gasteiger partial charge in [-0.2, -0.15) is 0 Å². The number of nitrogens with zero attached hydrogens (tertiary/aromatic N) is 1. The first-order valence-corrected chi connectivity index (χ1v) is 5.65. The quantitative estimate of drug-likeness (QED) is 0.881. The molecule has 0 spiro atoms. The first-order chi connectivity index (χ1) is 8.44. The maximum atomic E-state index is 13.6. The molecule has 0 bridgehead atoms. The summed E-state index contributed by atoms with van der Waals surface area (Å²) < 4.78 is 26.4. The lowest BCUT2D eigenvalue weighted by atomic mass is 9.93. The zero-order valence-corrected chi connectivity index (χ0v) is 10.3. The van der Waals surface area contributed by atoms with Gasteiger partial charge in [0, 0.05) is 23.6 Å². The predicted molar refractivity (Wildman–Crippen MR) is 66.0 cm³/mol. The number of benzene rings is 1. The number of aromatic amines is 1. The number of H-pyrrole nitrogens is 1. The van der Waals surface area contributed by atoms with Crippen LogP contribution in [-0.4, -0.2) is 16.5 Å². The van der Waals surface area contributed by atoms with Gasteiger partial charge in [0.05, 0.1) is 11.9 Å². The second kappa shape index (κ2) is 4.49. The van der Waals surface area contributed by atoms with E-state index in [0.29, 0.717) is 23.6 Å². The number of nitrogens with one attached hydrogen (secondary N) is 1. The van der Waals surface area contributed by atoms with Crippen molar-refractivity contribution in [3.8, 4) is 11.3 Å². The van der Waals surface area contributed by atoms with Crippen LogP contribution in [0.25, 0.3) is 11.3 Å². The molecule has 1 aromatic heterocycles. The van der Waals surface area contributed by atoms with E-state index >= 15 is 0 Å². The molecule has 0 atom stereocenters. The summed E-state index contributed by atoms with van der Waals surface area (Å²) in [5.41, 5.74) is 6.15. The SMILES string of the molecule is CC(C)(CN)c1ncc(-c2ccc(F)cc2F)[nH]1. The Morgan fingerprint density at radius 3 is 2.67 bits per heavy atom. The van der Waals surface area contributed by atoms with Crippen LogP contribution in [0.1, 0.15) is 19.7 Å². The smallest absolute Gasteiger partial charge is 0.135 e. The van der Waals surface area contributed by atoms with E-state index in [-0.39, 0.29) is 5.41 Å². The lowest BCUT2D eigenvalue weighted by molar-refractivity contribution is 0.508. The topological polar surface area (TPSA) is 54.7 Å². The summed E-state index contributed by atoms with van der Waals surface area (Å²) in [6, 6.07) is 3.45. The van der Waals surface area contributed by atoms with Gasteiger partial charge in [-0.25, -0.2) is 13.8 Å². The molecule has 2 aromatic rings. The zero-order chi connectivity index (χ0) is 13.3. The molecule has 0 unspecified atom stereocenters. The molecule has 3 nitrogen and oxygen atoms in total. The van der Waals surface area contributed by atoms with Gasteiger partial charge in [0.15, 0.2) is 0 Å². The molecule has 0 radical (unpaired) electrons. The molecule has 0 amide bonds. The fourth-order valence-corrected chi connectivity index (χ4v) is 1.61. The Kier molecular flexibility index (Phi) is 3.17. The van der Waals surface area contributed by atoms with Crippen molar-refractivity contribution in [2.45, 2.75) is 19.3 Å². The van der Waals surface area contributed by atoms with E-state index in [0.717, 1.165) is 6.07 Å². The molecule has 0 saturated carbocycles. The first kappa shape index (κ1) is 12.7. The second-order valence-corrected chi connectivity index (χ2v) is 4.86. The number of hydrogen-bond acceptors (Lipinski definition) is 2. The maximum Gasteiger partial charge on any atom is 0.135 e. The number of halogens is 2. The van der Waals surface area contributed by atoms with E-state index in [2.05, 4.69) is 9.97 Å². The summed E-state index contributed by atoms with van der Waals surface area (Å²) in [5.74, 6) is -0.530. The van der Waals surface area contributed by atoms with Gasteiger partial charge in [-0.1, -0.05) is 13.8 Å². The van der Waals surface area contributed by atoms with E-state index in [1.165, 1.54) is 18.3 Å². The number of aromatic nitrogens is 2. The lowest BCUT2D eigenvalue weighted by Gasteiger charge is -2.18. The molecular formula is C13H15F2N3.